The highest BCUT2D eigenvalue weighted by atomic mass is 32.1. The van der Waals surface area contributed by atoms with Crippen LogP contribution in [0.15, 0.2) is 4.79 Å². The predicted octanol–water partition coefficient (Wildman–Crippen LogP) is 1.92. The smallest absolute Gasteiger partial charge is 0.260 e. The van der Waals surface area contributed by atoms with Gasteiger partial charge < -0.3 is 9.88 Å². The molecule has 1 aliphatic carbocycles. The first kappa shape index (κ1) is 15.3. The van der Waals surface area contributed by atoms with Gasteiger partial charge >= 0.3 is 0 Å². The summed E-state index contributed by atoms with van der Waals surface area (Å²) in [4.78, 5) is 24.4. The van der Waals surface area contributed by atoms with Crippen molar-refractivity contribution in [3.8, 4) is 0 Å². The summed E-state index contributed by atoms with van der Waals surface area (Å²) in [5.41, 5.74) is 1.37. The number of hydrogen-bond acceptors (Lipinski definition) is 3. The number of H-pyrrole nitrogens is 1. The molecule has 0 amide bonds. The Morgan fingerprint density at radius 3 is 2.78 bits per heavy atom. The van der Waals surface area contributed by atoms with E-state index in [1.807, 2.05) is 0 Å². The monoisotopic (exact) mass is 332 g/mol. The molecule has 3 heterocycles. The van der Waals surface area contributed by atoms with Crippen LogP contribution in [-0.4, -0.2) is 23.1 Å². The number of nitrogens with zero attached hydrogens (tertiary/aromatic N) is 1. The molecular weight excluding hydrogens is 306 g/mol. The fourth-order valence-electron chi connectivity index (χ4n) is 4.06. The maximum absolute atomic E-state index is 12.6. The summed E-state index contributed by atoms with van der Waals surface area (Å²) < 4.78 is 0. The Bertz CT molecular complexity index is 770. The molecule has 0 unspecified atom stereocenters. The zero-order chi connectivity index (χ0) is 16.0. The van der Waals surface area contributed by atoms with E-state index in [0.29, 0.717) is 0 Å². The van der Waals surface area contributed by atoms with Gasteiger partial charge in [-0.2, -0.15) is 0 Å². The van der Waals surface area contributed by atoms with E-state index in [4.69, 9.17) is 4.98 Å². The molecule has 23 heavy (non-hydrogen) atoms. The SMILES string of the molecule is CC1CC[NH+](Cc2nc3sc4c(c3c(=O)[nH]2)CC[C@@H](C)C4)CC1. The molecular formula is C18H26N3OS+. The maximum atomic E-state index is 12.6. The van der Waals surface area contributed by atoms with Gasteiger partial charge in [0.25, 0.3) is 5.56 Å². The number of piperidine rings is 1. The van der Waals surface area contributed by atoms with Crippen LogP contribution in [0.4, 0.5) is 0 Å². The van der Waals surface area contributed by atoms with Crippen LogP contribution in [-0.2, 0) is 19.4 Å². The highest BCUT2D eigenvalue weighted by Crippen LogP contribution is 2.35. The molecule has 124 valence electrons. The van der Waals surface area contributed by atoms with Crippen LogP contribution in [0.1, 0.15) is 49.4 Å². The molecule has 2 aromatic rings. The number of nitrogens with one attached hydrogen (secondary N) is 2. The quantitative estimate of drug-likeness (QED) is 0.883. The molecule has 2 aliphatic rings. The highest BCUT2D eigenvalue weighted by Gasteiger charge is 2.24. The van der Waals surface area contributed by atoms with Gasteiger partial charge in [-0.15, -0.1) is 11.3 Å². The number of hydrogen-bond donors (Lipinski definition) is 2. The van der Waals surface area contributed by atoms with E-state index in [0.717, 1.165) is 47.3 Å². The first-order valence-corrected chi connectivity index (χ1v) is 9.79. The fraction of sp³-hybridized carbons (Fsp3) is 0.667. The number of likely N-dealkylation sites (tertiary alicyclic amines) is 1. The van der Waals surface area contributed by atoms with E-state index in [9.17, 15) is 4.79 Å². The Morgan fingerprint density at radius 2 is 2.00 bits per heavy atom. The lowest BCUT2D eigenvalue weighted by Crippen LogP contribution is -3.11. The lowest BCUT2D eigenvalue weighted by molar-refractivity contribution is -0.920. The van der Waals surface area contributed by atoms with Crippen molar-refractivity contribution >= 4 is 21.6 Å². The number of fused-ring (bicyclic) bond motifs is 3. The minimum absolute atomic E-state index is 0.0850. The average molecular weight is 332 g/mol. The molecule has 0 radical (unpaired) electrons. The predicted molar refractivity (Wildman–Crippen MR) is 94.2 cm³/mol. The van der Waals surface area contributed by atoms with Gasteiger partial charge in [0.15, 0.2) is 5.82 Å². The van der Waals surface area contributed by atoms with E-state index in [1.54, 1.807) is 16.2 Å². The second-order valence-corrected chi connectivity index (χ2v) is 8.74. The van der Waals surface area contributed by atoms with Crippen molar-refractivity contribution in [2.45, 2.75) is 52.5 Å². The van der Waals surface area contributed by atoms with E-state index >= 15 is 0 Å². The number of aromatic amines is 1. The van der Waals surface area contributed by atoms with Crippen LogP contribution in [0.5, 0.6) is 0 Å². The van der Waals surface area contributed by atoms with Gasteiger partial charge in [0, 0.05) is 4.88 Å². The summed E-state index contributed by atoms with van der Waals surface area (Å²) in [6.07, 6.45) is 5.91. The Balaban J connectivity index is 1.64. The summed E-state index contributed by atoms with van der Waals surface area (Å²) in [6.45, 7) is 7.89. The fourth-order valence-corrected chi connectivity index (χ4v) is 5.46. The molecule has 5 heteroatoms. The summed E-state index contributed by atoms with van der Waals surface area (Å²) in [7, 11) is 0. The molecule has 0 bridgehead atoms. The van der Waals surface area contributed by atoms with Gasteiger partial charge in [0.1, 0.15) is 11.4 Å². The molecule has 0 aromatic carbocycles. The second-order valence-electron chi connectivity index (χ2n) is 7.65. The lowest BCUT2D eigenvalue weighted by Gasteiger charge is -2.26. The Kier molecular flexibility index (Phi) is 4.01. The van der Waals surface area contributed by atoms with Gasteiger partial charge in [-0.05, 0) is 49.5 Å². The first-order valence-electron chi connectivity index (χ1n) is 8.97. The molecule has 1 atom stereocenters. The van der Waals surface area contributed by atoms with E-state index in [-0.39, 0.29) is 5.56 Å². The third-order valence-electron chi connectivity index (χ3n) is 5.61. The minimum Gasteiger partial charge on any atom is -0.329 e. The Morgan fingerprint density at radius 1 is 1.22 bits per heavy atom. The van der Waals surface area contributed by atoms with Gasteiger partial charge in [-0.1, -0.05) is 13.8 Å². The highest BCUT2D eigenvalue weighted by molar-refractivity contribution is 7.18. The molecule has 1 fully saturated rings. The van der Waals surface area contributed by atoms with Crippen molar-refractivity contribution in [1.29, 1.82) is 0 Å². The van der Waals surface area contributed by atoms with Gasteiger partial charge in [-0.25, -0.2) is 4.98 Å². The third kappa shape index (κ3) is 2.96. The zero-order valence-electron chi connectivity index (χ0n) is 14.1. The third-order valence-corrected chi connectivity index (χ3v) is 6.76. The van der Waals surface area contributed by atoms with Crippen LogP contribution in [0.2, 0.25) is 0 Å². The summed E-state index contributed by atoms with van der Waals surface area (Å²) in [5, 5.41) is 0.878. The van der Waals surface area contributed by atoms with Crippen LogP contribution < -0.4 is 10.5 Å². The number of aryl methyl sites for hydroxylation is 1. The maximum Gasteiger partial charge on any atom is 0.260 e. The zero-order valence-corrected chi connectivity index (χ0v) is 14.9. The van der Waals surface area contributed by atoms with Gasteiger partial charge in [0.05, 0.1) is 18.5 Å². The van der Waals surface area contributed by atoms with Crippen molar-refractivity contribution in [2.24, 2.45) is 11.8 Å². The van der Waals surface area contributed by atoms with Crippen LogP contribution in [0, 0.1) is 11.8 Å². The topological polar surface area (TPSA) is 50.2 Å². The normalized spacial score (nSPS) is 28.0. The van der Waals surface area contributed by atoms with E-state index in [1.165, 1.54) is 42.8 Å². The Labute approximate surface area is 140 Å². The lowest BCUT2D eigenvalue weighted by atomic mass is 9.89. The Hall–Kier alpha value is -1.20. The van der Waals surface area contributed by atoms with E-state index < -0.39 is 0 Å². The van der Waals surface area contributed by atoms with Crippen molar-refractivity contribution in [3.63, 3.8) is 0 Å². The summed E-state index contributed by atoms with van der Waals surface area (Å²) >= 11 is 1.75. The molecule has 2 N–H and O–H groups in total. The molecule has 1 aliphatic heterocycles. The molecule has 4 nitrogen and oxygen atoms in total. The van der Waals surface area contributed by atoms with Crippen molar-refractivity contribution in [3.05, 3.63) is 26.6 Å². The average Bonchev–Trinajstić information content (AvgIpc) is 2.87. The number of thiophene rings is 1. The standard InChI is InChI=1S/C18H25N3OS/c1-11-5-7-21(8-6-11)10-15-19-17(22)16-13-4-3-12(2)9-14(13)23-18(16)20-15/h11-12H,3-10H2,1-2H3,(H,19,20,22)/p+1/t12-/m1/s1. The van der Waals surface area contributed by atoms with E-state index in [2.05, 4.69) is 18.8 Å². The van der Waals surface area contributed by atoms with Crippen molar-refractivity contribution in [1.82, 2.24) is 9.97 Å². The molecule has 0 saturated carbocycles. The molecule has 1 saturated heterocycles. The van der Waals surface area contributed by atoms with Gasteiger partial charge in [0.2, 0.25) is 0 Å². The molecule has 2 aromatic heterocycles. The number of aromatic nitrogens is 2. The second kappa shape index (κ2) is 6.02. The molecule has 4 rings (SSSR count). The van der Waals surface area contributed by atoms with Crippen molar-refractivity contribution < 1.29 is 4.90 Å². The molecule has 0 spiro atoms. The van der Waals surface area contributed by atoms with Crippen LogP contribution in [0.25, 0.3) is 10.2 Å². The van der Waals surface area contributed by atoms with Crippen LogP contribution in [0.3, 0.4) is 0 Å². The van der Waals surface area contributed by atoms with Gasteiger partial charge in [-0.3, -0.25) is 4.79 Å². The largest absolute Gasteiger partial charge is 0.329 e. The van der Waals surface area contributed by atoms with Crippen LogP contribution >= 0.6 is 11.3 Å². The number of rotatable bonds is 2. The summed E-state index contributed by atoms with van der Waals surface area (Å²) in [5.74, 6) is 2.45. The number of quaternary nitrogens is 1. The first-order chi connectivity index (χ1) is 11.1. The summed E-state index contributed by atoms with van der Waals surface area (Å²) in [6, 6.07) is 0. The van der Waals surface area contributed by atoms with Crippen molar-refractivity contribution in [2.75, 3.05) is 13.1 Å². The minimum atomic E-state index is 0.0850.